The molecule has 0 bridgehead atoms. The first kappa shape index (κ1) is 12.5. The van der Waals surface area contributed by atoms with Crippen molar-refractivity contribution < 1.29 is 30.0 Å². The summed E-state index contributed by atoms with van der Waals surface area (Å²) in [6.45, 7) is 0.862. The molecule has 0 spiro atoms. The van der Waals surface area contributed by atoms with Gasteiger partial charge in [0.15, 0.2) is 0 Å². The molecule has 0 aromatic carbocycles. The van der Waals surface area contributed by atoms with Crippen LogP contribution in [-0.2, 0) is 9.53 Å². The molecule has 0 aliphatic carbocycles. The van der Waals surface area contributed by atoms with Crippen LogP contribution in [0.1, 0.15) is 13.3 Å². The zero-order valence-electron chi connectivity index (χ0n) is 8.41. The van der Waals surface area contributed by atoms with Crippen LogP contribution >= 0.6 is 0 Å². The van der Waals surface area contributed by atoms with Gasteiger partial charge in [-0.2, -0.15) is 0 Å². The lowest BCUT2D eigenvalue weighted by molar-refractivity contribution is -0.229. The molecule has 6 nitrogen and oxygen atoms in total. The van der Waals surface area contributed by atoms with E-state index in [1.165, 1.54) is 6.92 Å². The fourth-order valence-corrected chi connectivity index (χ4v) is 1.63. The Morgan fingerprint density at radius 3 is 2.13 bits per heavy atom. The number of hydrogen-bond donors (Lipinski definition) is 4. The number of Topliss-reactive ketones (excluding diaryl/α,β-unsaturated/α-hetero) is 1. The maximum Gasteiger partial charge on any atom is 0.132 e. The van der Waals surface area contributed by atoms with E-state index in [1.807, 2.05) is 0 Å². The van der Waals surface area contributed by atoms with Crippen molar-refractivity contribution in [3.8, 4) is 0 Å². The summed E-state index contributed by atoms with van der Waals surface area (Å²) in [6, 6.07) is 0. The summed E-state index contributed by atoms with van der Waals surface area (Å²) in [4.78, 5) is 10.8. The molecule has 1 heterocycles. The lowest BCUT2D eigenvalue weighted by Crippen LogP contribution is -2.58. The molecular weight excluding hydrogens is 204 g/mol. The molecule has 1 fully saturated rings. The van der Waals surface area contributed by atoms with Crippen molar-refractivity contribution in [3.05, 3.63) is 0 Å². The van der Waals surface area contributed by atoms with Crippen LogP contribution in [-0.4, -0.2) is 63.3 Å². The van der Waals surface area contributed by atoms with E-state index in [2.05, 4.69) is 0 Å². The summed E-state index contributed by atoms with van der Waals surface area (Å²) in [6.07, 6.45) is -5.95. The predicted octanol–water partition coefficient (Wildman–Crippen LogP) is -2.19. The second kappa shape index (κ2) is 5.00. The standard InChI is InChI=1S/C9H16O6/c1-4(11)2-5-7(12)9(14)8(13)6(3-10)15-5/h5-10,12-14H,2-3H2,1H3/t5-,6+,7+,8-,9+/m0/s1. The van der Waals surface area contributed by atoms with Crippen molar-refractivity contribution >= 4 is 5.78 Å². The maximum atomic E-state index is 10.8. The van der Waals surface area contributed by atoms with Crippen LogP contribution in [0.3, 0.4) is 0 Å². The Morgan fingerprint density at radius 1 is 1.13 bits per heavy atom. The van der Waals surface area contributed by atoms with E-state index >= 15 is 0 Å². The zero-order chi connectivity index (χ0) is 11.6. The lowest BCUT2D eigenvalue weighted by atomic mass is 9.93. The number of hydrogen-bond acceptors (Lipinski definition) is 6. The Morgan fingerprint density at radius 2 is 1.67 bits per heavy atom. The van der Waals surface area contributed by atoms with Crippen LogP contribution in [0.2, 0.25) is 0 Å². The Balaban J connectivity index is 2.69. The molecule has 5 atom stereocenters. The number of aliphatic hydroxyl groups is 4. The number of aliphatic hydroxyl groups excluding tert-OH is 4. The second-order valence-electron chi connectivity index (χ2n) is 3.77. The third-order valence-corrected chi connectivity index (χ3v) is 2.48. The van der Waals surface area contributed by atoms with Crippen LogP contribution in [0.4, 0.5) is 0 Å². The van der Waals surface area contributed by atoms with Gasteiger partial charge < -0.3 is 25.2 Å². The van der Waals surface area contributed by atoms with E-state index < -0.39 is 37.1 Å². The minimum absolute atomic E-state index is 0.0541. The van der Waals surface area contributed by atoms with E-state index in [0.29, 0.717) is 0 Å². The van der Waals surface area contributed by atoms with Gasteiger partial charge in [0.05, 0.1) is 12.7 Å². The molecule has 0 aromatic heterocycles. The number of carbonyl (C=O) groups excluding carboxylic acids is 1. The Labute approximate surface area is 87.1 Å². The molecule has 0 radical (unpaired) electrons. The number of ether oxygens (including phenoxy) is 1. The van der Waals surface area contributed by atoms with Gasteiger partial charge in [0.25, 0.3) is 0 Å². The van der Waals surface area contributed by atoms with Crippen molar-refractivity contribution in [2.24, 2.45) is 0 Å². The van der Waals surface area contributed by atoms with Crippen molar-refractivity contribution in [1.82, 2.24) is 0 Å². The smallest absolute Gasteiger partial charge is 0.132 e. The number of ketones is 1. The van der Waals surface area contributed by atoms with Gasteiger partial charge in [0.1, 0.15) is 30.2 Å². The summed E-state index contributed by atoms with van der Waals surface area (Å²) in [5, 5.41) is 37.2. The van der Waals surface area contributed by atoms with E-state index in [0.717, 1.165) is 0 Å². The summed E-state index contributed by atoms with van der Waals surface area (Å²) >= 11 is 0. The highest BCUT2D eigenvalue weighted by Gasteiger charge is 2.43. The van der Waals surface area contributed by atoms with Crippen LogP contribution in [0.5, 0.6) is 0 Å². The van der Waals surface area contributed by atoms with E-state index in [1.54, 1.807) is 0 Å². The zero-order valence-corrected chi connectivity index (χ0v) is 8.41. The summed E-state index contributed by atoms with van der Waals surface area (Å²) < 4.78 is 5.11. The third-order valence-electron chi connectivity index (χ3n) is 2.48. The average molecular weight is 220 g/mol. The monoisotopic (exact) mass is 220 g/mol. The lowest BCUT2D eigenvalue weighted by Gasteiger charge is -2.39. The minimum Gasteiger partial charge on any atom is -0.394 e. The van der Waals surface area contributed by atoms with Gasteiger partial charge in [0.2, 0.25) is 0 Å². The molecule has 88 valence electrons. The molecule has 15 heavy (non-hydrogen) atoms. The summed E-state index contributed by atoms with van der Waals surface area (Å²) in [5.74, 6) is -0.195. The Kier molecular flexibility index (Phi) is 4.18. The van der Waals surface area contributed by atoms with Gasteiger partial charge in [-0.25, -0.2) is 0 Å². The molecule has 1 aliphatic heterocycles. The van der Waals surface area contributed by atoms with E-state index in [-0.39, 0.29) is 12.2 Å². The highest BCUT2D eigenvalue weighted by Crippen LogP contribution is 2.23. The summed E-state index contributed by atoms with van der Waals surface area (Å²) in [5.41, 5.74) is 0. The quantitative estimate of drug-likeness (QED) is 0.430. The van der Waals surface area contributed by atoms with E-state index in [4.69, 9.17) is 9.84 Å². The molecule has 6 heteroatoms. The highest BCUT2D eigenvalue weighted by molar-refractivity contribution is 5.76. The van der Waals surface area contributed by atoms with Crippen LogP contribution in [0.15, 0.2) is 0 Å². The molecule has 0 unspecified atom stereocenters. The van der Waals surface area contributed by atoms with Gasteiger partial charge in [-0.15, -0.1) is 0 Å². The van der Waals surface area contributed by atoms with Crippen LogP contribution < -0.4 is 0 Å². The van der Waals surface area contributed by atoms with Gasteiger partial charge in [-0.1, -0.05) is 0 Å². The highest BCUT2D eigenvalue weighted by atomic mass is 16.5. The third kappa shape index (κ3) is 2.73. The molecule has 0 amide bonds. The fraction of sp³-hybridized carbons (Fsp3) is 0.889. The van der Waals surface area contributed by atoms with Gasteiger partial charge in [-0.05, 0) is 6.92 Å². The maximum absolute atomic E-state index is 10.8. The van der Waals surface area contributed by atoms with Crippen molar-refractivity contribution in [1.29, 1.82) is 0 Å². The van der Waals surface area contributed by atoms with Crippen molar-refractivity contribution in [2.45, 2.75) is 43.9 Å². The molecular formula is C9H16O6. The Bertz CT molecular complexity index is 229. The fourth-order valence-electron chi connectivity index (χ4n) is 1.63. The molecule has 0 aromatic rings. The number of carbonyl (C=O) groups is 1. The second-order valence-corrected chi connectivity index (χ2v) is 3.77. The predicted molar refractivity (Wildman–Crippen MR) is 49.1 cm³/mol. The van der Waals surface area contributed by atoms with Crippen molar-refractivity contribution in [3.63, 3.8) is 0 Å². The van der Waals surface area contributed by atoms with Crippen molar-refractivity contribution in [2.75, 3.05) is 6.61 Å². The Hall–Kier alpha value is -0.530. The minimum atomic E-state index is -1.40. The number of rotatable bonds is 3. The first-order chi connectivity index (χ1) is 6.97. The van der Waals surface area contributed by atoms with Crippen LogP contribution in [0, 0.1) is 0 Å². The molecule has 0 saturated carbocycles. The summed E-state index contributed by atoms with van der Waals surface area (Å²) in [7, 11) is 0. The molecule has 1 aliphatic rings. The first-order valence-electron chi connectivity index (χ1n) is 4.77. The first-order valence-corrected chi connectivity index (χ1v) is 4.77. The van der Waals surface area contributed by atoms with Gasteiger partial charge in [0, 0.05) is 6.42 Å². The normalized spacial score (nSPS) is 41.5. The largest absolute Gasteiger partial charge is 0.394 e. The molecule has 1 saturated heterocycles. The average Bonchev–Trinajstić information content (AvgIpc) is 2.18. The topological polar surface area (TPSA) is 107 Å². The van der Waals surface area contributed by atoms with E-state index in [9.17, 15) is 20.1 Å². The van der Waals surface area contributed by atoms with Gasteiger partial charge in [-0.3, -0.25) is 4.79 Å². The molecule has 4 N–H and O–H groups in total. The van der Waals surface area contributed by atoms with Crippen LogP contribution in [0.25, 0.3) is 0 Å². The SMILES string of the molecule is CC(=O)C[C@@H]1O[C@H](CO)[C@H](O)[C@H](O)[C@@H]1O. The van der Waals surface area contributed by atoms with Gasteiger partial charge >= 0.3 is 0 Å². The molecule has 1 rings (SSSR count).